The van der Waals surface area contributed by atoms with E-state index < -0.39 is 5.97 Å². The summed E-state index contributed by atoms with van der Waals surface area (Å²) in [5, 5.41) is 12.8. The maximum Gasteiger partial charge on any atom is 0.329 e. The van der Waals surface area contributed by atoms with Crippen molar-refractivity contribution in [1.82, 2.24) is 14.7 Å². The van der Waals surface area contributed by atoms with E-state index in [2.05, 4.69) is 23.0 Å². The minimum absolute atomic E-state index is 0.0865. The van der Waals surface area contributed by atoms with Gasteiger partial charge in [-0.25, -0.2) is 4.79 Å². The summed E-state index contributed by atoms with van der Waals surface area (Å²) >= 11 is 0. The monoisotopic (exact) mass is 267 g/mol. The highest BCUT2D eigenvalue weighted by molar-refractivity contribution is 5.68. The molecule has 0 spiro atoms. The van der Waals surface area contributed by atoms with Crippen LogP contribution in [-0.4, -0.2) is 51.6 Å². The maximum atomic E-state index is 10.4. The normalized spacial score (nSPS) is 17.7. The van der Waals surface area contributed by atoms with Crippen LogP contribution in [0.25, 0.3) is 0 Å². The molecule has 0 amide bonds. The Bertz CT molecular complexity index is 411. The van der Waals surface area contributed by atoms with E-state index in [-0.39, 0.29) is 12.7 Å². The first-order valence-corrected chi connectivity index (χ1v) is 6.75. The number of carboxylic acids is 1. The molecule has 1 aliphatic heterocycles. The topological polar surface area (TPSA) is 67.6 Å². The number of likely N-dealkylation sites (tertiary alicyclic amines) is 1. The predicted octanol–water partition coefficient (Wildman–Crippen LogP) is 0.969. The molecular weight excluding hydrogens is 246 g/mol. The van der Waals surface area contributed by atoms with E-state index in [1.165, 1.54) is 5.69 Å². The van der Waals surface area contributed by atoms with Crippen LogP contribution in [0.3, 0.4) is 0 Å². The highest BCUT2D eigenvalue weighted by Gasteiger charge is 2.21. The lowest BCUT2D eigenvalue weighted by Gasteiger charge is -2.31. The first kappa shape index (κ1) is 14.0. The van der Waals surface area contributed by atoms with Crippen molar-refractivity contribution < 1.29 is 14.6 Å². The second-order valence-electron chi connectivity index (χ2n) is 4.82. The summed E-state index contributed by atoms with van der Waals surface area (Å²) in [6.45, 7) is 5.58. The minimum atomic E-state index is -0.894. The molecule has 1 N–H and O–H groups in total. The van der Waals surface area contributed by atoms with E-state index in [0.29, 0.717) is 0 Å². The predicted molar refractivity (Wildman–Crippen MR) is 69.8 cm³/mol. The van der Waals surface area contributed by atoms with E-state index >= 15 is 0 Å². The van der Waals surface area contributed by atoms with Crippen LogP contribution >= 0.6 is 0 Å². The van der Waals surface area contributed by atoms with Crippen molar-refractivity contribution in [2.75, 3.05) is 19.7 Å². The molecule has 19 heavy (non-hydrogen) atoms. The Balaban J connectivity index is 1.76. The number of rotatable bonds is 6. The molecule has 2 heterocycles. The van der Waals surface area contributed by atoms with E-state index in [4.69, 9.17) is 9.84 Å². The van der Waals surface area contributed by atoms with Gasteiger partial charge in [0.1, 0.15) is 6.61 Å². The van der Waals surface area contributed by atoms with Crippen LogP contribution < -0.4 is 0 Å². The smallest absolute Gasteiger partial charge is 0.329 e. The summed E-state index contributed by atoms with van der Waals surface area (Å²) in [5.41, 5.74) is 1.23. The quantitative estimate of drug-likeness (QED) is 0.831. The Labute approximate surface area is 113 Å². The van der Waals surface area contributed by atoms with Crippen LogP contribution in [0.1, 0.15) is 25.5 Å². The third-order valence-corrected chi connectivity index (χ3v) is 3.47. The molecule has 0 bridgehead atoms. The lowest BCUT2D eigenvalue weighted by atomic mass is 10.1. The van der Waals surface area contributed by atoms with Gasteiger partial charge in [-0.05, 0) is 25.8 Å². The summed E-state index contributed by atoms with van der Waals surface area (Å²) in [6, 6.07) is 2.05. The minimum Gasteiger partial charge on any atom is -0.480 e. The molecular formula is C13H21N3O3. The number of carbonyl (C=O) groups is 1. The van der Waals surface area contributed by atoms with Gasteiger partial charge in [0, 0.05) is 32.4 Å². The SMILES string of the molecule is CCn1nccc1CN1CCC(OCC(=O)O)CC1. The fraction of sp³-hybridized carbons (Fsp3) is 0.692. The number of ether oxygens (including phenoxy) is 1. The van der Waals surface area contributed by atoms with E-state index in [1.54, 1.807) is 0 Å². The first-order valence-electron chi connectivity index (χ1n) is 6.75. The average Bonchev–Trinajstić information content (AvgIpc) is 2.85. The molecule has 1 aliphatic rings. The van der Waals surface area contributed by atoms with Gasteiger partial charge in [0.15, 0.2) is 0 Å². The van der Waals surface area contributed by atoms with Crippen LogP contribution in [0.5, 0.6) is 0 Å². The van der Waals surface area contributed by atoms with Gasteiger partial charge in [0.2, 0.25) is 0 Å². The number of aliphatic carboxylic acids is 1. The molecule has 1 aromatic rings. The number of aryl methyl sites for hydroxylation is 1. The molecule has 0 aromatic carbocycles. The van der Waals surface area contributed by atoms with Gasteiger partial charge < -0.3 is 9.84 Å². The molecule has 0 saturated carbocycles. The van der Waals surface area contributed by atoms with Crippen molar-refractivity contribution in [1.29, 1.82) is 0 Å². The number of hydrogen-bond acceptors (Lipinski definition) is 4. The Morgan fingerprint density at radius 2 is 2.26 bits per heavy atom. The van der Waals surface area contributed by atoms with E-state index in [1.807, 2.05) is 10.9 Å². The zero-order chi connectivity index (χ0) is 13.7. The summed E-state index contributed by atoms with van der Waals surface area (Å²) < 4.78 is 7.34. The van der Waals surface area contributed by atoms with Crippen molar-refractivity contribution in [2.45, 2.75) is 39.0 Å². The van der Waals surface area contributed by atoms with Gasteiger partial charge in [0.05, 0.1) is 11.8 Å². The van der Waals surface area contributed by atoms with Gasteiger partial charge in [0.25, 0.3) is 0 Å². The van der Waals surface area contributed by atoms with Crippen molar-refractivity contribution in [3.05, 3.63) is 18.0 Å². The van der Waals surface area contributed by atoms with Crippen molar-refractivity contribution in [2.24, 2.45) is 0 Å². The van der Waals surface area contributed by atoms with Gasteiger partial charge in [-0.15, -0.1) is 0 Å². The number of nitrogens with zero attached hydrogens (tertiary/aromatic N) is 3. The fourth-order valence-electron chi connectivity index (χ4n) is 2.43. The summed E-state index contributed by atoms with van der Waals surface area (Å²) in [4.78, 5) is 12.8. The number of carboxylic acid groups (broad SMARTS) is 1. The Kier molecular flexibility index (Phi) is 4.93. The van der Waals surface area contributed by atoms with Crippen molar-refractivity contribution in [3.63, 3.8) is 0 Å². The molecule has 6 nitrogen and oxygen atoms in total. The Hall–Kier alpha value is -1.40. The third-order valence-electron chi connectivity index (χ3n) is 3.47. The lowest BCUT2D eigenvalue weighted by Crippen LogP contribution is -2.37. The van der Waals surface area contributed by atoms with E-state index in [0.717, 1.165) is 39.0 Å². The summed E-state index contributed by atoms with van der Waals surface area (Å²) in [5.74, 6) is -0.894. The number of aromatic nitrogens is 2. The Morgan fingerprint density at radius 3 is 2.89 bits per heavy atom. The molecule has 0 atom stereocenters. The van der Waals surface area contributed by atoms with Gasteiger partial charge in [-0.2, -0.15) is 5.10 Å². The Morgan fingerprint density at radius 1 is 1.53 bits per heavy atom. The highest BCUT2D eigenvalue weighted by Crippen LogP contribution is 2.16. The fourth-order valence-corrected chi connectivity index (χ4v) is 2.43. The molecule has 0 unspecified atom stereocenters. The van der Waals surface area contributed by atoms with Crippen LogP contribution in [0, 0.1) is 0 Å². The van der Waals surface area contributed by atoms with Crippen LogP contribution in [0.15, 0.2) is 12.3 Å². The maximum absolute atomic E-state index is 10.4. The number of piperidine rings is 1. The largest absolute Gasteiger partial charge is 0.480 e. The van der Waals surface area contributed by atoms with Gasteiger partial charge in [-0.3, -0.25) is 9.58 Å². The van der Waals surface area contributed by atoms with Gasteiger partial charge in [-0.1, -0.05) is 0 Å². The van der Waals surface area contributed by atoms with E-state index in [9.17, 15) is 4.79 Å². The van der Waals surface area contributed by atoms with Crippen LogP contribution in [-0.2, 0) is 22.6 Å². The highest BCUT2D eigenvalue weighted by atomic mass is 16.5. The molecule has 106 valence electrons. The summed E-state index contributed by atoms with van der Waals surface area (Å²) in [6.07, 6.45) is 3.71. The van der Waals surface area contributed by atoms with Crippen molar-refractivity contribution in [3.8, 4) is 0 Å². The second-order valence-corrected chi connectivity index (χ2v) is 4.82. The van der Waals surface area contributed by atoms with Gasteiger partial charge >= 0.3 is 5.97 Å². The molecule has 1 aromatic heterocycles. The molecule has 0 aliphatic carbocycles. The standard InChI is InChI=1S/C13H21N3O3/c1-2-16-11(3-6-14-16)9-15-7-4-12(5-8-15)19-10-13(17)18/h3,6,12H,2,4-5,7-10H2,1H3,(H,17,18). The van der Waals surface area contributed by atoms with Crippen molar-refractivity contribution >= 4 is 5.97 Å². The zero-order valence-electron chi connectivity index (χ0n) is 11.3. The molecule has 1 fully saturated rings. The average molecular weight is 267 g/mol. The first-order chi connectivity index (χ1) is 9.19. The molecule has 6 heteroatoms. The molecule has 2 rings (SSSR count). The second kappa shape index (κ2) is 6.68. The van der Waals surface area contributed by atoms with Crippen LogP contribution in [0.4, 0.5) is 0 Å². The molecule has 0 radical (unpaired) electrons. The lowest BCUT2D eigenvalue weighted by molar-refractivity contribution is -0.145. The third kappa shape index (κ3) is 4.04. The van der Waals surface area contributed by atoms with Crippen LogP contribution in [0.2, 0.25) is 0 Å². The molecule has 1 saturated heterocycles. The number of hydrogen-bond donors (Lipinski definition) is 1. The zero-order valence-corrected chi connectivity index (χ0v) is 11.3. The summed E-state index contributed by atoms with van der Waals surface area (Å²) in [7, 11) is 0.